The van der Waals surface area contributed by atoms with Crippen LogP contribution >= 0.6 is 23.2 Å². The van der Waals surface area contributed by atoms with E-state index < -0.39 is 10.0 Å². The molecule has 0 saturated heterocycles. The molecular weight excluding hydrogens is 395 g/mol. The van der Waals surface area contributed by atoms with Crippen LogP contribution in [0.25, 0.3) is 5.82 Å². The van der Waals surface area contributed by atoms with Crippen LogP contribution in [0, 0.1) is 20.8 Å². The van der Waals surface area contributed by atoms with Gasteiger partial charge in [0.25, 0.3) is 10.0 Å². The number of sulfonamides is 1. The molecule has 0 spiro atoms. The molecule has 0 bridgehead atoms. The summed E-state index contributed by atoms with van der Waals surface area (Å²) in [6, 6.07) is 8.27. The molecule has 1 aromatic carbocycles. The first kappa shape index (κ1) is 18.7. The van der Waals surface area contributed by atoms with Crippen molar-refractivity contribution in [3.05, 3.63) is 63.4 Å². The molecule has 0 atom stereocenters. The maximum atomic E-state index is 12.8. The highest BCUT2D eigenvalue weighted by Gasteiger charge is 2.21. The van der Waals surface area contributed by atoms with Crippen molar-refractivity contribution >= 4 is 39.0 Å². The van der Waals surface area contributed by atoms with Crippen molar-refractivity contribution in [1.82, 2.24) is 14.8 Å². The van der Waals surface area contributed by atoms with Crippen molar-refractivity contribution in [3.8, 4) is 5.82 Å². The van der Waals surface area contributed by atoms with Crippen molar-refractivity contribution in [2.75, 3.05) is 4.72 Å². The number of hydrogen-bond acceptors (Lipinski definition) is 4. The Kier molecular flexibility index (Phi) is 4.96. The number of aryl methyl sites for hydroxylation is 3. The molecule has 0 radical (unpaired) electrons. The van der Waals surface area contributed by atoms with E-state index in [9.17, 15) is 8.42 Å². The first-order valence-electron chi connectivity index (χ1n) is 7.65. The van der Waals surface area contributed by atoms with E-state index in [0.717, 1.165) is 5.56 Å². The highest BCUT2D eigenvalue weighted by atomic mass is 35.5. The topological polar surface area (TPSA) is 76.9 Å². The summed E-state index contributed by atoms with van der Waals surface area (Å²) in [4.78, 5) is 4.35. The maximum Gasteiger partial charge on any atom is 0.263 e. The Hall–Kier alpha value is -2.09. The smallest absolute Gasteiger partial charge is 0.263 e. The van der Waals surface area contributed by atoms with Gasteiger partial charge in [0.15, 0.2) is 5.82 Å². The number of hydrogen-bond donors (Lipinski definition) is 1. The largest absolute Gasteiger partial charge is 0.263 e. The Balaban J connectivity index is 2.06. The number of nitrogens with zero attached hydrogens (tertiary/aromatic N) is 3. The normalized spacial score (nSPS) is 11.6. The van der Waals surface area contributed by atoms with E-state index in [1.54, 1.807) is 32.0 Å². The molecule has 136 valence electrons. The summed E-state index contributed by atoms with van der Waals surface area (Å²) in [5.74, 6) is 0.515. The quantitative estimate of drug-likeness (QED) is 0.695. The van der Waals surface area contributed by atoms with Crippen LogP contribution < -0.4 is 4.72 Å². The first-order chi connectivity index (χ1) is 12.2. The third-order valence-electron chi connectivity index (χ3n) is 3.68. The molecule has 0 aliphatic rings. The lowest BCUT2D eigenvalue weighted by Gasteiger charge is -2.13. The number of anilines is 1. The zero-order valence-corrected chi connectivity index (χ0v) is 16.6. The fourth-order valence-corrected chi connectivity index (χ4v) is 4.31. The number of rotatable bonds is 4. The average molecular weight is 411 g/mol. The standard InChI is InChI=1S/C17H16Cl2N4O2S/c1-10-4-5-15(11(2)6-10)26(24,25)22-16-7-12(3)21-23(16)17-14(19)8-13(18)9-20-17/h4-9,22H,1-3H3. The minimum Gasteiger partial charge on any atom is -0.263 e. The molecule has 26 heavy (non-hydrogen) atoms. The van der Waals surface area contributed by atoms with Gasteiger partial charge in [0, 0.05) is 12.3 Å². The van der Waals surface area contributed by atoms with E-state index in [4.69, 9.17) is 23.2 Å². The van der Waals surface area contributed by atoms with Gasteiger partial charge in [-0.2, -0.15) is 9.78 Å². The van der Waals surface area contributed by atoms with Crippen LogP contribution in [-0.2, 0) is 10.0 Å². The lowest BCUT2D eigenvalue weighted by Crippen LogP contribution is -2.17. The van der Waals surface area contributed by atoms with Crippen LogP contribution in [0.2, 0.25) is 10.0 Å². The SMILES string of the molecule is Cc1ccc(S(=O)(=O)Nc2cc(C)nn2-c2ncc(Cl)cc2Cl)c(C)c1. The molecule has 3 aromatic rings. The van der Waals surface area contributed by atoms with Gasteiger partial charge in [-0.25, -0.2) is 13.4 Å². The van der Waals surface area contributed by atoms with Crippen LogP contribution in [0.5, 0.6) is 0 Å². The minimum atomic E-state index is -3.81. The molecule has 2 aromatic heterocycles. The zero-order valence-electron chi connectivity index (χ0n) is 14.3. The van der Waals surface area contributed by atoms with Gasteiger partial charge < -0.3 is 0 Å². The number of pyridine rings is 1. The van der Waals surface area contributed by atoms with Crippen LogP contribution in [0.4, 0.5) is 5.82 Å². The van der Waals surface area contributed by atoms with Crippen LogP contribution in [0.1, 0.15) is 16.8 Å². The van der Waals surface area contributed by atoms with Gasteiger partial charge in [-0.3, -0.25) is 4.72 Å². The molecule has 1 N–H and O–H groups in total. The molecule has 3 rings (SSSR count). The first-order valence-corrected chi connectivity index (χ1v) is 9.89. The van der Waals surface area contributed by atoms with Crippen LogP contribution in [0.3, 0.4) is 0 Å². The van der Waals surface area contributed by atoms with Crippen molar-refractivity contribution in [2.24, 2.45) is 0 Å². The fourth-order valence-electron chi connectivity index (χ4n) is 2.59. The van der Waals surface area contributed by atoms with Crippen LogP contribution in [-0.4, -0.2) is 23.2 Å². The van der Waals surface area contributed by atoms with E-state index >= 15 is 0 Å². The Bertz CT molecular complexity index is 1090. The predicted octanol–water partition coefficient (Wildman–Crippen LogP) is 4.30. The Morgan fingerprint density at radius 2 is 1.81 bits per heavy atom. The van der Waals surface area contributed by atoms with Gasteiger partial charge in [0.1, 0.15) is 5.82 Å². The second kappa shape index (κ2) is 6.90. The van der Waals surface area contributed by atoms with Crippen molar-refractivity contribution < 1.29 is 8.42 Å². The Morgan fingerprint density at radius 1 is 1.08 bits per heavy atom. The maximum absolute atomic E-state index is 12.8. The predicted molar refractivity (Wildman–Crippen MR) is 103 cm³/mol. The third-order valence-corrected chi connectivity index (χ3v) is 5.68. The lowest BCUT2D eigenvalue weighted by molar-refractivity contribution is 0.600. The molecule has 0 unspecified atom stereocenters. The van der Waals surface area contributed by atoms with Crippen molar-refractivity contribution in [1.29, 1.82) is 0 Å². The Labute approximate surface area is 161 Å². The highest BCUT2D eigenvalue weighted by Crippen LogP contribution is 2.27. The Morgan fingerprint density at radius 3 is 2.46 bits per heavy atom. The monoisotopic (exact) mass is 410 g/mol. The van der Waals surface area contributed by atoms with Crippen LogP contribution in [0.15, 0.2) is 41.4 Å². The molecule has 0 fully saturated rings. The van der Waals surface area contributed by atoms with Crippen molar-refractivity contribution in [2.45, 2.75) is 25.7 Å². The lowest BCUT2D eigenvalue weighted by atomic mass is 10.2. The molecule has 2 heterocycles. The zero-order chi connectivity index (χ0) is 19.1. The summed E-state index contributed by atoms with van der Waals surface area (Å²) in [5.41, 5.74) is 2.25. The number of halogens is 2. The van der Waals surface area contributed by atoms with E-state index in [1.807, 2.05) is 13.0 Å². The average Bonchev–Trinajstić information content (AvgIpc) is 2.86. The molecule has 9 heteroatoms. The van der Waals surface area contributed by atoms with Gasteiger partial charge >= 0.3 is 0 Å². The summed E-state index contributed by atoms with van der Waals surface area (Å²) in [5, 5.41) is 4.92. The highest BCUT2D eigenvalue weighted by molar-refractivity contribution is 7.92. The fraction of sp³-hybridized carbons (Fsp3) is 0.176. The van der Waals surface area contributed by atoms with Gasteiger partial charge in [0.05, 0.1) is 20.6 Å². The third kappa shape index (κ3) is 3.70. The summed E-state index contributed by atoms with van der Waals surface area (Å²) in [6.45, 7) is 5.40. The summed E-state index contributed by atoms with van der Waals surface area (Å²) in [7, 11) is -3.81. The minimum absolute atomic E-state index is 0.198. The van der Waals surface area contributed by atoms with E-state index in [2.05, 4.69) is 14.8 Å². The second-order valence-electron chi connectivity index (χ2n) is 5.92. The molecular formula is C17H16Cl2N4O2S. The van der Waals surface area contributed by atoms with E-state index in [1.165, 1.54) is 16.9 Å². The molecule has 6 nitrogen and oxygen atoms in total. The summed E-state index contributed by atoms with van der Waals surface area (Å²) < 4.78 is 29.6. The van der Waals surface area contributed by atoms with E-state index in [-0.39, 0.29) is 21.6 Å². The summed E-state index contributed by atoms with van der Waals surface area (Å²) >= 11 is 12.1. The molecule has 0 aliphatic heterocycles. The molecule has 0 amide bonds. The van der Waals surface area contributed by atoms with Gasteiger partial charge in [-0.15, -0.1) is 0 Å². The number of benzene rings is 1. The number of nitrogens with one attached hydrogen (secondary N) is 1. The van der Waals surface area contributed by atoms with E-state index in [0.29, 0.717) is 16.3 Å². The molecule has 0 saturated carbocycles. The van der Waals surface area contributed by atoms with Gasteiger partial charge in [0.2, 0.25) is 0 Å². The number of aromatic nitrogens is 3. The summed E-state index contributed by atoms with van der Waals surface area (Å²) in [6.07, 6.45) is 1.42. The van der Waals surface area contributed by atoms with Gasteiger partial charge in [-0.1, -0.05) is 40.9 Å². The van der Waals surface area contributed by atoms with Crippen molar-refractivity contribution in [3.63, 3.8) is 0 Å². The molecule has 0 aliphatic carbocycles. The second-order valence-corrected chi connectivity index (χ2v) is 8.41. The van der Waals surface area contributed by atoms with Gasteiger partial charge in [-0.05, 0) is 38.5 Å².